The Morgan fingerprint density at radius 3 is 2.52 bits per heavy atom. The first kappa shape index (κ1) is 17.0. The summed E-state index contributed by atoms with van der Waals surface area (Å²) in [6, 6.07) is 12.0. The Kier molecular flexibility index (Phi) is 5.05. The fourth-order valence-electron chi connectivity index (χ4n) is 2.27. The standard InChI is InChI=1S/C17H19NO4S/c1-12-8-9-13(10-16(12)23(3,20)21)17(19)18-11-14-6-4-5-7-15(14)22-2/h4-10H,11H2,1-3H3,(H,18,19). The van der Waals surface area contributed by atoms with Gasteiger partial charge in [0, 0.05) is 23.9 Å². The lowest BCUT2D eigenvalue weighted by Gasteiger charge is -2.11. The van der Waals surface area contributed by atoms with Crippen molar-refractivity contribution in [3.8, 4) is 5.75 Å². The van der Waals surface area contributed by atoms with E-state index in [9.17, 15) is 13.2 Å². The largest absolute Gasteiger partial charge is 0.496 e. The Labute approximate surface area is 136 Å². The summed E-state index contributed by atoms with van der Waals surface area (Å²) in [6.45, 7) is 2.00. The van der Waals surface area contributed by atoms with E-state index in [4.69, 9.17) is 4.74 Å². The van der Waals surface area contributed by atoms with E-state index in [0.29, 0.717) is 23.4 Å². The fourth-order valence-corrected chi connectivity index (χ4v) is 3.26. The highest BCUT2D eigenvalue weighted by Gasteiger charge is 2.15. The van der Waals surface area contributed by atoms with E-state index < -0.39 is 9.84 Å². The number of aryl methyl sites for hydroxylation is 1. The zero-order valence-electron chi connectivity index (χ0n) is 13.3. The summed E-state index contributed by atoms with van der Waals surface area (Å²) in [6.07, 6.45) is 1.13. The van der Waals surface area contributed by atoms with Gasteiger partial charge < -0.3 is 10.1 Å². The third-order valence-corrected chi connectivity index (χ3v) is 4.72. The van der Waals surface area contributed by atoms with Crippen molar-refractivity contribution in [2.75, 3.05) is 13.4 Å². The van der Waals surface area contributed by atoms with Crippen molar-refractivity contribution in [2.45, 2.75) is 18.4 Å². The molecule has 0 atom stereocenters. The van der Waals surface area contributed by atoms with Crippen molar-refractivity contribution in [1.29, 1.82) is 0 Å². The number of sulfone groups is 1. The van der Waals surface area contributed by atoms with E-state index in [1.165, 1.54) is 6.07 Å². The molecule has 0 spiro atoms. The third kappa shape index (κ3) is 4.10. The summed E-state index contributed by atoms with van der Waals surface area (Å²) in [4.78, 5) is 12.4. The minimum atomic E-state index is -3.37. The Bertz CT molecular complexity index is 828. The number of nitrogens with one attached hydrogen (secondary N) is 1. The van der Waals surface area contributed by atoms with E-state index in [-0.39, 0.29) is 10.8 Å². The number of amides is 1. The molecule has 0 heterocycles. The summed E-state index contributed by atoms with van der Waals surface area (Å²) in [7, 11) is -1.80. The molecule has 1 amide bonds. The number of hydrogen-bond acceptors (Lipinski definition) is 4. The molecule has 2 rings (SSSR count). The van der Waals surface area contributed by atoms with Crippen LogP contribution in [0.1, 0.15) is 21.5 Å². The lowest BCUT2D eigenvalue weighted by atomic mass is 10.1. The van der Waals surface area contributed by atoms with Crippen LogP contribution in [0.5, 0.6) is 5.75 Å². The van der Waals surface area contributed by atoms with Crippen molar-refractivity contribution in [3.63, 3.8) is 0 Å². The second-order valence-corrected chi connectivity index (χ2v) is 7.23. The summed E-state index contributed by atoms with van der Waals surface area (Å²) in [5.41, 5.74) is 1.78. The van der Waals surface area contributed by atoms with Gasteiger partial charge in [0.15, 0.2) is 9.84 Å². The van der Waals surface area contributed by atoms with Crippen molar-refractivity contribution >= 4 is 15.7 Å². The number of ether oxygens (including phenoxy) is 1. The van der Waals surface area contributed by atoms with Crippen LogP contribution in [-0.2, 0) is 16.4 Å². The molecule has 23 heavy (non-hydrogen) atoms. The monoisotopic (exact) mass is 333 g/mol. The lowest BCUT2D eigenvalue weighted by molar-refractivity contribution is 0.0950. The first-order valence-electron chi connectivity index (χ1n) is 7.03. The molecular formula is C17H19NO4S. The van der Waals surface area contributed by atoms with Gasteiger partial charge in [-0.2, -0.15) is 0 Å². The summed E-state index contributed by atoms with van der Waals surface area (Å²) >= 11 is 0. The summed E-state index contributed by atoms with van der Waals surface area (Å²) in [5.74, 6) is 0.356. The molecular weight excluding hydrogens is 314 g/mol. The second kappa shape index (κ2) is 6.83. The van der Waals surface area contributed by atoms with Gasteiger partial charge in [-0.3, -0.25) is 4.79 Å². The first-order valence-corrected chi connectivity index (χ1v) is 8.93. The van der Waals surface area contributed by atoms with Gasteiger partial charge >= 0.3 is 0 Å². The fraction of sp³-hybridized carbons (Fsp3) is 0.235. The summed E-state index contributed by atoms with van der Waals surface area (Å²) < 4.78 is 28.7. The second-order valence-electron chi connectivity index (χ2n) is 5.25. The molecule has 2 aromatic carbocycles. The Hall–Kier alpha value is -2.34. The van der Waals surface area contributed by atoms with Crippen LogP contribution in [0.2, 0.25) is 0 Å². The zero-order chi connectivity index (χ0) is 17.0. The number of benzene rings is 2. The van der Waals surface area contributed by atoms with Crippen LogP contribution in [0.15, 0.2) is 47.4 Å². The molecule has 0 aliphatic rings. The van der Waals surface area contributed by atoms with Gasteiger partial charge in [0.1, 0.15) is 5.75 Å². The number of methoxy groups -OCH3 is 1. The minimum Gasteiger partial charge on any atom is -0.496 e. The van der Waals surface area contributed by atoms with Gasteiger partial charge in [0.25, 0.3) is 5.91 Å². The van der Waals surface area contributed by atoms with Crippen LogP contribution < -0.4 is 10.1 Å². The van der Waals surface area contributed by atoms with Gasteiger partial charge in [-0.05, 0) is 30.7 Å². The molecule has 0 aromatic heterocycles. The van der Waals surface area contributed by atoms with Crippen LogP contribution in [0.25, 0.3) is 0 Å². The van der Waals surface area contributed by atoms with Crippen LogP contribution in [-0.4, -0.2) is 27.7 Å². The van der Waals surface area contributed by atoms with E-state index >= 15 is 0 Å². The third-order valence-electron chi connectivity index (χ3n) is 3.48. The molecule has 0 aliphatic carbocycles. The van der Waals surface area contributed by atoms with Crippen LogP contribution in [0, 0.1) is 6.92 Å². The van der Waals surface area contributed by atoms with Crippen molar-refractivity contribution in [2.24, 2.45) is 0 Å². The van der Waals surface area contributed by atoms with Gasteiger partial charge in [0.05, 0.1) is 12.0 Å². The molecule has 0 radical (unpaired) electrons. The molecule has 5 nitrogen and oxygen atoms in total. The van der Waals surface area contributed by atoms with Crippen molar-refractivity contribution < 1.29 is 17.9 Å². The molecule has 122 valence electrons. The van der Waals surface area contributed by atoms with Crippen molar-refractivity contribution in [3.05, 3.63) is 59.2 Å². The number of carbonyl (C=O) groups excluding carboxylic acids is 1. The SMILES string of the molecule is COc1ccccc1CNC(=O)c1ccc(C)c(S(C)(=O)=O)c1. The number of rotatable bonds is 5. The molecule has 0 unspecified atom stereocenters. The van der Waals surface area contributed by atoms with Crippen LogP contribution in [0.3, 0.4) is 0 Å². The molecule has 0 saturated heterocycles. The maximum absolute atomic E-state index is 12.3. The highest BCUT2D eigenvalue weighted by atomic mass is 32.2. The molecule has 2 aromatic rings. The van der Waals surface area contributed by atoms with Crippen molar-refractivity contribution in [1.82, 2.24) is 5.32 Å². The molecule has 1 N–H and O–H groups in total. The predicted molar refractivity (Wildman–Crippen MR) is 88.5 cm³/mol. The zero-order valence-corrected chi connectivity index (χ0v) is 14.1. The summed E-state index contributed by atoms with van der Waals surface area (Å²) in [5, 5.41) is 2.77. The van der Waals surface area contributed by atoms with Crippen LogP contribution in [0.4, 0.5) is 0 Å². The Morgan fingerprint density at radius 2 is 1.87 bits per heavy atom. The van der Waals surface area contributed by atoms with Gasteiger partial charge in [-0.25, -0.2) is 8.42 Å². The quantitative estimate of drug-likeness (QED) is 0.911. The molecule has 0 aliphatic heterocycles. The maximum Gasteiger partial charge on any atom is 0.251 e. The molecule has 0 fully saturated rings. The number of para-hydroxylation sites is 1. The van der Waals surface area contributed by atoms with E-state index in [2.05, 4.69) is 5.32 Å². The predicted octanol–water partition coefficient (Wildman–Crippen LogP) is 2.34. The molecule has 6 heteroatoms. The average Bonchev–Trinajstić information content (AvgIpc) is 2.52. The highest BCUT2D eigenvalue weighted by Crippen LogP contribution is 2.19. The van der Waals surface area contributed by atoms with E-state index in [1.54, 1.807) is 26.2 Å². The molecule has 0 bridgehead atoms. The Morgan fingerprint density at radius 1 is 1.17 bits per heavy atom. The van der Waals surface area contributed by atoms with E-state index in [0.717, 1.165) is 11.8 Å². The van der Waals surface area contributed by atoms with Gasteiger partial charge in [-0.15, -0.1) is 0 Å². The van der Waals surface area contributed by atoms with Gasteiger partial charge in [0.2, 0.25) is 0 Å². The first-order chi connectivity index (χ1) is 10.8. The lowest BCUT2D eigenvalue weighted by Crippen LogP contribution is -2.23. The topological polar surface area (TPSA) is 72.5 Å². The van der Waals surface area contributed by atoms with E-state index in [1.807, 2.05) is 24.3 Å². The average molecular weight is 333 g/mol. The maximum atomic E-state index is 12.3. The number of carbonyl (C=O) groups is 1. The smallest absolute Gasteiger partial charge is 0.251 e. The Balaban J connectivity index is 2.19. The van der Waals surface area contributed by atoms with Gasteiger partial charge in [-0.1, -0.05) is 24.3 Å². The minimum absolute atomic E-state index is 0.169. The number of hydrogen-bond donors (Lipinski definition) is 1. The highest BCUT2D eigenvalue weighted by molar-refractivity contribution is 7.90. The normalized spacial score (nSPS) is 11.1. The molecule has 0 saturated carbocycles. The van der Waals surface area contributed by atoms with Crippen LogP contribution >= 0.6 is 0 Å².